The average Bonchev–Trinajstić information content (AvgIpc) is 2.70. The molecule has 0 radical (unpaired) electrons. The Kier molecular flexibility index (Phi) is 5.60. The molecule has 0 amide bonds. The van der Waals surface area contributed by atoms with Gasteiger partial charge in [-0.25, -0.2) is 0 Å². The minimum atomic E-state index is 1.23. The van der Waals surface area contributed by atoms with Crippen LogP contribution < -0.4 is 4.57 Å². The molecule has 0 spiro atoms. The molecule has 0 bridgehead atoms. The summed E-state index contributed by atoms with van der Waals surface area (Å²) in [7, 11) is 2.14. The van der Waals surface area contributed by atoms with Crippen LogP contribution in [-0.2, 0) is 7.05 Å². The van der Waals surface area contributed by atoms with Gasteiger partial charge in [-0.1, -0.05) is 66.7 Å². The molecule has 1 heteroatoms. The Morgan fingerprint density at radius 1 is 0.731 bits per heavy atom. The standard InChI is InChI=1S/C22H18N.C3H6/c1-23-21-15-9-8-14-19(21)20(17-10-4-2-5-11-17)16-22(23)18-12-6-3-7-13-18;1-3-2/h2-16H,1H3;3H,1H2,2H3/q+1;. The van der Waals surface area contributed by atoms with Crippen molar-refractivity contribution in [3.05, 3.63) is 104 Å². The molecule has 26 heavy (non-hydrogen) atoms. The van der Waals surface area contributed by atoms with Crippen molar-refractivity contribution in [3.8, 4) is 22.4 Å². The molecule has 0 aliphatic rings. The van der Waals surface area contributed by atoms with Crippen LogP contribution in [0.2, 0.25) is 0 Å². The van der Waals surface area contributed by atoms with Crippen LogP contribution in [0.25, 0.3) is 33.3 Å². The van der Waals surface area contributed by atoms with E-state index in [2.05, 4.69) is 109 Å². The van der Waals surface area contributed by atoms with E-state index in [-0.39, 0.29) is 0 Å². The van der Waals surface area contributed by atoms with Crippen molar-refractivity contribution in [1.29, 1.82) is 0 Å². The summed E-state index contributed by atoms with van der Waals surface area (Å²) in [5.41, 5.74) is 6.23. The molecular formula is C25H24N+. The maximum absolute atomic E-state index is 3.36. The third-order valence-electron chi connectivity index (χ3n) is 4.35. The van der Waals surface area contributed by atoms with Crippen LogP contribution in [-0.4, -0.2) is 0 Å². The monoisotopic (exact) mass is 338 g/mol. The number of para-hydroxylation sites is 1. The molecule has 0 atom stereocenters. The normalized spacial score (nSPS) is 10.1. The van der Waals surface area contributed by atoms with Gasteiger partial charge >= 0.3 is 0 Å². The lowest BCUT2D eigenvalue weighted by atomic mass is 9.98. The zero-order valence-electron chi connectivity index (χ0n) is 15.4. The summed E-state index contributed by atoms with van der Waals surface area (Å²) in [5, 5.41) is 1.28. The lowest BCUT2D eigenvalue weighted by molar-refractivity contribution is -0.633. The molecule has 4 rings (SSSR count). The minimum absolute atomic E-state index is 1.23. The predicted octanol–water partition coefficient (Wildman–Crippen LogP) is 6.19. The van der Waals surface area contributed by atoms with E-state index in [1.165, 1.54) is 33.3 Å². The summed E-state index contributed by atoms with van der Waals surface area (Å²) in [6.45, 7) is 5.25. The van der Waals surface area contributed by atoms with Crippen LogP contribution in [0, 0.1) is 0 Å². The first kappa shape index (κ1) is 17.6. The summed E-state index contributed by atoms with van der Waals surface area (Å²) in [6, 6.07) is 32.1. The van der Waals surface area contributed by atoms with Crippen LogP contribution >= 0.6 is 0 Å². The molecule has 0 unspecified atom stereocenters. The van der Waals surface area contributed by atoms with Crippen LogP contribution in [0.1, 0.15) is 6.92 Å². The van der Waals surface area contributed by atoms with E-state index >= 15 is 0 Å². The zero-order chi connectivity index (χ0) is 18.4. The second kappa shape index (κ2) is 8.26. The van der Waals surface area contributed by atoms with Crippen LogP contribution in [0.4, 0.5) is 0 Å². The number of hydrogen-bond acceptors (Lipinski definition) is 0. The van der Waals surface area contributed by atoms with Crippen LogP contribution in [0.5, 0.6) is 0 Å². The number of hydrogen-bond donors (Lipinski definition) is 0. The molecule has 128 valence electrons. The molecule has 0 fully saturated rings. The highest BCUT2D eigenvalue weighted by Gasteiger charge is 2.18. The fraction of sp³-hybridized carbons (Fsp3) is 0.0800. The maximum Gasteiger partial charge on any atom is 0.213 e. The van der Waals surface area contributed by atoms with E-state index in [4.69, 9.17) is 0 Å². The van der Waals surface area contributed by atoms with E-state index in [0.29, 0.717) is 0 Å². The number of allylic oxidation sites excluding steroid dienone is 1. The van der Waals surface area contributed by atoms with Gasteiger partial charge in [0.25, 0.3) is 0 Å². The van der Waals surface area contributed by atoms with E-state index in [1.54, 1.807) is 6.08 Å². The molecular weight excluding hydrogens is 314 g/mol. The van der Waals surface area contributed by atoms with Crippen molar-refractivity contribution < 1.29 is 4.57 Å². The van der Waals surface area contributed by atoms with Crippen molar-refractivity contribution >= 4 is 10.9 Å². The maximum atomic E-state index is 3.36. The smallest absolute Gasteiger partial charge is 0.194 e. The van der Waals surface area contributed by atoms with Crippen LogP contribution in [0.15, 0.2) is 104 Å². The molecule has 0 saturated heterocycles. The van der Waals surface area contributed by atoms with E-state index < -0.39 is 0 Å². The van der Waals surface area contributed by atoms with Gasteiger partial charge in [0, 0.05) is 23.3 Å². The fourth-order valence-corrected chi connectivity index (χ4v) is 3.18. The number of fused-ring (bicyclic) bond motifs is 1. The van der Waals surface area contributed by atoms with Gasteiger partial charge in [0.1, 0.15) is 7.05 Å². The Balaban J connectivity index is 0.000000613. The topological polar surface area (TPSA) is 3.88 Å². The molecule has 4 aromatic rings. The summed E-state index contributed by atoms with van der Waals surface area (Å²) in [5.74, 6) is 0. The van der Waals surface area contributed by atoms with E-state index in [1.807, 2.05) is 6.92 Å². The number of nitrogens with zero attached hydrogens (tertiary/aromatic N) is 1. The summed E-state index contributed by atoms with van der Waals surface area (Å²) >= 11 is 0. The lowest BCUT2D eigenvalue weighted by Gasteiger charge is -2.09. The second-order valence-corrected chi connectivity index (χ2v) is 6.16. The molecule has 0 aliphatic heterocycles. The van der Waals surface area contributed by atoms with Gasteiger partial charge in [0.15, 0.2) is 0 Å². The van der Waals surface area contributed by atoms with Crippen molar-refractivity contribution in [2.24, 2.45) is 7.05 Å². The van der Waals surface area contributed by atoms with Gasteiger partial charge in [-0.05, 0) is 30.7 Å². The molecule has 1 nitrogen and oxygen atoms in total. The lowest BCUT2D eigenvalue weighted by Crippen LogP contribution is -2.32. The minimum Gasteiger partial charge on any atom is -0.194 e. The average molecular weight is 338 g/mol. The van der Waals surface area contributed by atoms with Gasteiger partial charge in [0.2, 0.25) is 11.2 Å². The Hall–Kier alpha value is -3.19. The number of rotatable bonds is 2. The van der Waals surface area contributed by atoms with Gasteiger partial charge in [-0.3, -0.25) is 0 Å². The molecule has 3 aromatic carbocycles. The Bertz CT molecular complexity index is 1000. The van der Waals surface area contributed by atoms with Gasteiger partial charge in [-0.2, -0.15) is 4.57 Å². The SMILES string of the molecule is C=CC.C[n+]1c(-c2ccccc2)cc(-c2ccccc2)c2ccccc21. The van der Waals surface area contributed by atoms with E-state index in [9.17, 15) is 0 Å². The second-order valence-electron chi connectivity index (χ2n) is 6.16. The summed E-state index contributed by atoms with van der Waals surface area (Å²) in [4.78, 5) is 0. The molecule has 0 saturated carbocycles. The largest absolute Gasteiger partial charge is 0.213 e. The first-order chi connectivity index (χ1) is 12.8. The summed E-state index contributed by atoms with van der Waals surface area (Å²) < 4.78 is 2.27. The fourth-order valence-electron chi connectivity index (χ4n) is 3.18. The van der Waals surface area contributed by atoms with E-state index in [0.717, 1.165) is 0 Å². The van der Waals surface area contributed by atoms with Gasteiger partial charge in [0.05, 0.1) is 5.39 Å². The first-order valence-electron chi connectivity index (χ1n) is 8.86. The summed E-state index contributed by atoms with van der Waals surface area (Å²) in [6.07, 6.45) is 1.75. The highest BCUT2D eigenvalue weighted by atomic mass is 14.9. The third kappa shape index (κ3) is 3.57. The first-order valence-corrected chi connectivity index (χ1v) is 8.86. The molecule has 0 N–H and O–H groups in total. The van der Waals surface area contributed by atoms with Crippen molar-refractivity contribution in [2.45, 2.75) is 6.92 Å². The molecule has 1 aromatic heterocycles. The van der Waals surface area contributed by atoms with Gasteiger partial charge in [-0.15, -0.1) is 6.58 Å². The zero-order valence-corrected chi connectivity index (χ0v) is 15.4. The van der Waals surface area contributed by atoms with Crippen molar-refractivity contribution in [3.63, 3.8) is 0 Å². The number of aromatic nitrogens is 1. The van der Waals surface area contributed by atoms with Crippen molar-refractivity contribution in [2.75, 3.05) is 0 Å². The highest BCUT2D eigenvalue weighted by Crippen LogP contribution is 2.30. The highest BCUT2D eigenvalue weighted by molar-refractivity contribution is 5.94. The Morgan fingerprint density at radius 3 is 1.85 bits per heavy atom. The molecule has 1 heterocycles. The predicted molar refractivity (Wildman–Crippen MR) is 112 cm³/mol. The van der Waals surface area contributed by atoms with Gasteiger partial charge < -0.3 is 0 Å². The quantitative estimate of drug-likeness (QED) is 0.303. The van der Waals surface area contributed by atoms with Crippen molar-refractivity contribution in [1.82, 2.24) is 0 Å². The third-order valence-corrected chi connectivity index (χ3v) is 4.35. The Morgan fingerprint density at radius 2 is 1.23 bits per heavy atom. The Labute approximate surface area is 155 Å². The number of pyridine rings is 1. The van der Waals surface area contributed by atoms with Crippen LogP contribution in [0.3, 0.4) is 0 Å². The number of benzene rings is 3. The molecule has 0 aliphatic carbocycles. The number of aryl methyl sites for hydroxylation is 1.